The number of nitrogens with one attached hydrogen (secondary N) is 1. The second-order valence-electron chi connectivity index (χ2n) is 2.94. The highest BCUT2D eigenvalue weighted by atomic mass is 16.6. The van der Waals surface area contributed by atoms with E-state index >= 15 is 0 Å². The summed E-state index contributed by atoms with van der Waals surface area (Å²) < 4.78 is 5.25. The molecule has 0 amide bonds. The van der Waals surface area contributed by atoms with Gasteiger partial charge in [-0.05, 0) is 24.3 Å². The Morgan fingerprint density at radius 1 is 1.43 bits per heavy atom. The second kappa shape index (κ2) is 3.55. The fourth-order valence-corrected chi connectivity index (χ4v) is 1.34. The molecule has 0 fully saturated rings. The van der Waals surface area contributed by atoms with Crippen molar-refractivity contribution in [1.29, 1.82) is 0 Å². The Kier molecular flexibility index (Phi) is 2.24. The largest absolute Gasteiger partial charge is 0.461 e. The van der Waals surface area contributed by atoms with Crippen LogP contribution in [-0.2, 0) is 0 Å². The van der Waals surface area contributed by atoms with Crippen LogP contribution in [0.15, 0.2) is 43.1 Å². The number of hydrogen-bond donors (Lipinski definition) is 2. The first-order chi connectivity index (χ1) is 6.81. The zero-order valence-corrected chi connectivity index (χ0v) is 7.60. The Labute approximate surface area is 81.6 Å². The van der Waals surface area contributed by atoms with Crippen molar-refractivity contribution in [3.63, 3.8) is 0 Å². The molecular formula is C11H11NO2. The topological polar surface area (TPSA) is 45.2 Å². The molecule has 2 rings (SSSR count). The van der Waals surface area contributed by atoms with Gasteiger partial charge in [-0.3, -0.25) is 0 Å². The van der Waals surface area contributed by atoms with E-state index in [2.05, 4.69) is 11.6 Å². The SMILES string of the molecule is C=CC(O)Oc1cccc2[nH]ccc12. The summed E-state index contributed by atoms with van der Waals surface area (Å²) in [5.74, 6) is 0.649. The lowest BCUT2D eigenvalue weighted by Gasteiger charge is -2.09. The van der Waals surface area contributed by atoms with Crippen LogP contribution in [0.3, 0.4) is 0 Å². The molecule has 0 bridgehead atoms. The quantitative estimate of drug-likeness (QED) is 0.573. The van der Waals surface area contributed by atoms with E-state index in [9.17, 15) is 5.11 Å². The van der Waals surface area contributed by atoms with E-state index in [1.165, 1.54) is 6.08 Å². The second-order valence-corrected chi connectivity index (χ2v) is 2.94. The molecule has 2 N–H and O–H groups in total. The molecule has 3 heteroatoms. The lowest BCUT2D eigenvalue weighted by molar-refractivity contribution is 0.0263. The lowest BCUT2D eigenvalue weighted by Crippen LogP contribution is -2.11. The normalized spacial score (nSPS) is 12.6. The number of benzene rings is 1. The van der Waals surface area contributed by atoms with E-state index in [1.807, 2.05) is 30.5 Å². The Bertz CT molecular complexity index is 447. The standard InChI is InChI=1S/C11H11NO2/c1-2-11(13)14-10-5-3-4-9-8(10)6-7-12-9/h2-7,11-13H,1H2. The minimum Gasteiger partial charge on any atom is -0.461 e. The van der Waals surface area contributed by atoms with Gasteiger partial charge in [0.15, 0.2) is 0 Å². The van der Waals surface area contributed by atoms with E-state index < -0.39 is 6.29 Å². The Morgan fingerprint density at radius 3 is 3.07 bits per heavy atom. The van der Waals surface area contributed by atoms with Crippen LogP contribution in [-0.4, -0.2) is 16.4 Å². The number of fused-ring (bicyclic) bond motifs is 1. The van der Waals surface area contributed by atoms with Gasteiger partial charge in [0.05, 0.1) is 0 Å². The molecular weight excluding hydrogens is 178 g/mol. The Balaban J connectivity index is 2.41. The first-order valence-corrected chi connectivity index (χ1v) is 4.34. The molecule has 14 heavy (non-hydrogen) atoms. The van der Waals surface area contributed by atoms with Gasteiger partial charge in [-0.25, -0.2) is 0 Å². The average Bonchev–Trinajstić information content (AvgIpc) is 2.66. The van der Waals surface area contributed by atoms with E-state index in [-0.39, 0.29) is 0 Å². The monoisotopic (exact) mass is 189 g/mol. The van der Waals surface area contributed by atoms with Crippen molar-refractivity contribution < 1.29 is 9.84 Å². The molecule has 1 unspecified atom stereocenters. The van der Waals surface area contributed by atoms with Gasteiger partial charge in [-0.2, -0.15) is 0 Å². The third-order valence-corrected chi connectivity index (χ3v) is 2.00. The number of H-pyrrole nitrogens is 1. The summed E-state index contributed by atoms with van der Waals surface area (Å²) in [6.45, 7) is 3.44. The number of ether oxygens (including phenoxy) is 1. The van der Waals surface area contributed by atoms with Crippen LogP contribution < -0.4 is 4.74 Å². The maximum absolute atomic E-state index is 9.26. The molecule has 0 aliphatic rings. The summed E-state index contributed by atoms with van der Waals surface area (Å²) >= 11 is 0. The van der Waals surface area contributed by atoms with Gasteiger partial charge in [0.1, 0.15) is 5.75 Å². The third kappa shape index (κ3) is 1.49. The first kappa shape index (κ1) is 8.84. The molecule has 72 valence electrons. The maximum atomic E-state index is 9.26. The van der Waals surface area contributed by atoms with Crippen LogP contribution in [0.5, 0.6) is 5.75 Å². The molecule has 1 aromatic heterocycles. The average molecular weight is 189 g/mol. The molecule has 0 aliphatic carbocycles. The van der Waals surface area contributed by atoms with Gasteiger partial charge < -0.3 is 14.8 Å². The molecule has 0 saturated heterocycles. The zero-order chi connectivity index (χ0) is 9.97. The van der Waals surface area contributed by atoms with Crippen molar-refractivity contribution in [3.05, 3.63) is 43.1 Å². The van der Waals surface area contributed by atoms with E-state index in [0.29, 0.717) is 5.75 Å². The van der Waals surface area contributed by atoms with Crippen molar-refractivity contribution in [2.24, 2.45) is 0 Å². The molecule has 1 atom stereocenters. The number of hydrogen-bond acceptors (Lipinski definition) is 2. The predicted octanol–water partition coefficient (Wildman–Crippen LogP) is 2.05. The fourth-order valence-electron chi connectivity index (χ4n) is 1.34. The van der Waals surface area contributed by atoms with E-state index in [0.717, 1.165) is 10.9 Å². The van der Waals surface area contributed by atoms with Crippen LogP contribution in [0.2, 0.25) is 0 Å². The highest BCUT2D eigenvalue weighted by Crippen LogP contribution is 2.25. The van der Waals surface area contributed by atoms with Gasteiger partial charge in [-0.15, -0.1) is 0 Å². The number of aliphatic hydroxyl groups is 1. The van der Waals surface area contributed by atoms with Crippen molar-refractivity contribution in [2.45, 2.75) is 6.29 Å². The Morgan fingerprint density at radius 2 is 2.29 bits per heavy atom. The summed E-state index contributed by atoms with van der Waals surface area (Å²) in [7, 11) is 0. The van der Waals surface area contributed by atoms with E-state index in [1.54, 1.807) is 0 Å². The molecule has 1 heterocycles. The maximum Gasteiger partial charge on any atom is 0.217 e. The van der Waals surface area contributed by atoms with Crippen LogP contribution in [0, 0.1) is 0 Å². The summed E-state index contributed by atoms with van der Waals surface area (Å²) in [4.78, 5) is 3.06. The summed E-state index contributed by atoms with van der Waals surface area (Å²) in [6.07, 6.45) is 2.21. The zero-order valence-electron chi connectivity index (χ0n) is 7.60. The molecule has 0 radical (unpaired) electrons. The molecule has 1 aromatic carbocycles. The molecule has 0 spiro atoms. The Hall–Kier alpha value is -1.74. The van der Waals surface area contributed by atoms with Crippen molar-refractivity contribution >= 4 is 10.9 Å². The highest BCUT2D eigenvalue weighted by molar-refractivity contribution is 5.85. The van der Waals surface area contributed by atoms with Crippen molar-refractivity contribution in [2.75, 3.05) is 0 Å². The summed E-state index contributed by atoms with van der Waals surface area (Å²) in [6, 6.07) is 7.52. The van der Waals surface area contributed by atoms with E-state index in [4.69, 9.17) is 4.74 Å². The number of aromatic nitrogens is 1. The third-order valence-electron chi connectivity index (χ3n) is 2.00. The molecule has 0 aliphatic heterocycles. The minimum atomic E-state index is -0.963. The van der Waals surface area contributed by atoms with Crippen LogP contribution >= 0.6 is 0 Å². The minimum absolute atomic E-state index is 0.649. The highest BCUT2D eigenvalue weighted by Gasteiger charge is 2.05. The number of aromatic amines is 1. The predicted molar refractivity (Wildman–Crippen MR) is 55.1 cm³/mol. The fraction of sp³-hybridized carbons (Fsp3) is 0.0909. The molecule has 0 saturated carbocycles. The van der Waals surface area contributed by atoms with Gasteiger partial charge in [0.25, 0.3) is 0 Å². The van der Waals surface area contributed by atoms with Crippen LogP contribution in [0.1, 0.15) is 0 Å². The lowest BCUT2D eigenvalue weighted by atomic mass is 10.2. The van der Waals surface area contributed by atoms with Crippen molar-refractivity contribution in [3.8, 4) is 5.75 Å². The first-order valence-electron chi connectivity index (χ1n) is 4.34. The number of rotatable bonds is 3. The van der Waals surface area contributed by atoms with Crippen molar-refractivity contribution in [1.82, 2.24) is 4.98 Å². The summed E-state index contributed by atoms with van der Waals surface area (Å²) in [5.41, 5.74) is 0.985. The van der Waals surface area contributed by atoms with Crippen LogP contribution in [0.25, 0.3) is 10.9 Å². The van der Waals surface area contributed by atoms with Gasteiger partial charge in [0, 0.05) is 17.1 Å². The van der Waals surface area contributed by atoms with Gasteiger partial charge in [0.2, 0.25) is 6.29 Å². The van der Waals surface area contributed by atoms with Gasteiger partial charge in [-0.1, -0.05) is 12.6 Å². The van der Waals surface area contributed by atoms with Gasteiger partial charge >= 0.3 is 0 Å². The molecule has 2 aromatic rings. The smallest absolute Gasteiger partial charge is 0.217 e. The molecule has 3 nitrogen and oxygen atoms in total. The van der Waals surface area contributed by atoms with Crippen LogP contribution in [0.4, 0.5) is 0 Å². The number of aliphatic hydroxyl groups excluding tert-OH is 1. The summed E-state index contributed by atoms with van der Waals surface area (Å²) in [5, 5.41) is 10.2.